The number of nitrogens with one attached hydrogen (secondary N) is 1. The van der Waals surface area contributed by atoms with Gasteiger partial charge in [-0.2, -0.15) is 0 Å². The van der Waals surface area contributed by atoms with Crippen molar-refractivity contribution in [3.8, 4) is 16.9 Å². The Balaban J connectivity index is 1.53. The molecule has 0 fully saturated rings. The van der Waals surface area contributed by atoms with E-state index in [4.69, 9.17) is 9.15 Å². The molecule has 0 aliphatic carbocycles. The summed E-state index contributed by atoms with van der Waals surface area (Å²) < 4.78 is 11.7. The molecule has 0 aliphatic heterocycles. The van der Waals surface area contributed by atoms with Crippen LogP contribution in [0.2, 0.25) is 0 Å². The summed E-state index contributed by atoms with van der Waals surface area (Å²) >= 11 is 0. The Morgan fingerprint density at radius 1 is 0.971 bits per heavy atom. The second kappa shape index (κ2) is 9.56. The number of aryl methyl sites for hydroxylation is 3. The summed E-state index contributed by atoms with van der Waals surface area (Å²) in [5.41, 5.74) is 5.84. The Kier molecular flexibility index (Phi) is 6.55. The third-order valence-corrected chi connectivity index (χ3v) is 5.93. The van der Waals surface area contributed by atoms with Crippen molar-refractivity contribution in [3.05, 3.63) is 93.3 Å². The first kappa shape index (κ1) is 23.3. The number of hydrogen-bond acceptors (Lipinski definition) is 4. The van der Waals surface area contributed by atoms with E-state index in [1.807, 2.05) is 56.3 Å². The van der Waals surface area contributed by atoms with Crippen LogP contribution in [0.25, 0.3) is 22.1 Å². The minimum Gasteiger partial charge on any atom is -0.484 e. The summed E-state index contributed by atoms with van der Waals surface area (Å²) in [5.74, 6) is 1.16. The highest BCUT2D eigenvalue weighted by atomic mass is 16.5. The van der Waals surface area contributed by atoms with Gasteiger partial charge in [0, 0.05) is 11.8 Å². The Hall–Kier alpha value is -3.86. The lowest BCUT2D eigenvalue weighted by Crippen LogP contribution is -2.20. The molecule has 4 rings (SSSR count). The average molecular weight is 456 g/mol. The molecule has 0 unspecified atom stereocenters. The van der Waals surface area contributed by atoms with E-state index in [1.165, 1.54) is 5.56 Å². The predicted octanol–water partition coefficient (Wildman–Crippen LogP) is 6.53. The van der Waals surface area contributed by atoms with Gasteiger partial charge in [-0.15, -0.1) is 0 Å². The highest BCUT2D eigenvalue weighted by Gasteiger charge is 2.15. The standard InChI is InChI=1S/C29H29NO4/c1-17(2)21-7-9-22(10-8-21)28-20(5)34-26-15-23(11-12-24(26)29(28)32)33-16-27(31)30-25-13-6-18(3)14-19(25)4/h6-15,17H,16H2,1-5H3,(H,30,31). The monoisotopic (exact) mass is 455 g/mol. The number of ether oxygens (including phenoxy) is 1. The second-order valence-electron chi connectivity index (χ2n) is 8.95. The van der Waals surface area contributed by atoms with Crippen LogP contribution in [-0.4, -0.2) is 12.5 Å². The maximum Gasteiger partial charge on any atom is 0.262 e. The van der Waals surface area contributed by atoms with Gasteiger partial charge in [-0.3, -0.25) is 9.59 Å². The van der Waals surface area contributed by atoms with Crippen LogP contribution < -0.4 is 15.5 Å². The molecule has 1 amide bonds. The molecule has 34 heavy (non-hydrogen) atoms. The molecule has 4 aromatic rings. The zero-order valence-electron chi connectivity index (χ0n) is 20.2. The average Bonchev–Trinajstić information content (AvgIpc) is 2.79. The van der Waals surface area contributed by atoms with E-state index in [2.05, 4.69) is 19.2 Å². The van der Waals surface area contributed by atoms with Crippen molar-refractivity contribution in [1.82, 2.24) is 0 Å². The zero-order chi connectivity index (χ0) is 24.4. The minimum atomic E-state index is -0.259. The zero-order valence-corrected chi connectivity index (χ0v) is 20.2. The van der Waals surface area contributed by atoms with Gasteiger partial charge >= 0.3 is 0 Å². The maximum atomic E-state index is 13.2. The summed E-state index contributed by atoms with van der Waals surface area (Å²) in [4.78, 5) is 25.6. The lowest BCUT2D eigenvalue weighted by molar-refractivity contribution is -0.118. The van der Waals surface area contributed by atoms with E-state index in [0.29, 0.717) is 34.0 Å². The van der Waals surface area contributed by atoms with Crippen molar-refractivity contribution in [1.29, 1.82) is 0 Å². The quantitative estimate of drug-likeness (QED) is 0.359. The predicted molar refractivity (Wildman–Crippen MR) is 137 cm³/mol. The fraction of sp³-hybridized carbons (Fsp3) is 0.241. The van der Waals surface area contributed by atoms with Gasteiger partial charge in [0.05, 0.1) is 10.9 Å². The molecule has 0 saturated heterocycles. The topological polar surface area (TPSA) is 68.5 Å². The van der Waals surface area contributed by atoms with Crippen molar-refractivity contribution < 1.29 is 13.9 Å². The van der Waals surface area contributed by atoms with Crippen LogP contribution in [0.15, 0.2) is 69.9 Å². The van der Waals surface area contributed by atoms with E-state index in [-0.39, 0.29) is 17.9 Å². The van der Waals surface area contributed by atoms with Gasteiger partial charge in [-0.05, 0) is 61.6 Å². The highest BCUT2D eigenvalue weighted by Crippen LogP contribution is 2.27. The normalized spacial score (nSPS) is 11.1. The molecular weight excluding hydrogens is 426 g/mol. The van der Waals surface area contributed by atoms with Gasteiger partial charge in [0.1, 0.15) is 17.1 Å². The summed E-state index contributed by atoms with van der Waals surface area (Å²) in [6.45, 7) is 9.87. The molecule has 3 aromatic carbocycles. The number of hydrogen-bond donors (Lipinski definition) is 1. The van der Waals surface area contributed by atoms with Crippen LogP contribution in [0, 0.1) is 20.8 Å². The molecule has 174 valence electrons. The summed E-state index contributed by atoms with van der Waals surface area (Å²) in [5, 5.41) is 3.33. The van der Waals surface area contributed by atoms with Crippen LogP contribution in [0.3, 0.4) is 0 Å². The fourth-order valence-corrected chi connectivity index (χ4v) is 4.03. The lowest BCUT2D eigenvalue weighted by Gasteiger charge is -2.12. The van der Waals surface area contributed by atoms with Gasteiger partial charge in [0.15, 0.2) is 6.61 Å². The maximum absolute atomic E-state index is 13.2. The first-order chi connectivity index (χ1) is 16.2. The smallest absolute Gasteiger partial charge is 0.262 e. The number of fused-ring (bicyclic) bond motifs is 1. The van der Waals surface area contributed by atoms with Gasteiger partial charge < -0.3 is 14.5 Å². The third kappa shape index (κ3) is 4.88. The van der Waals surface area contributed by atoms with Crippen molar-refractivity contribution in [2.75, 3.05) is 11.9 Å². The molecule has 0 radical (unpaired) electrons. The first-order valence-corrected chi connectivity index (χ1v) is 11.4. The van der Waals surface area contributed by atoms with Crippen molar-refractivity contribution >= 4 is 22.6 Å². The molecule has 0 atom stereocenters. The number of amides is 1. The molecule has 0 aliphatic rings. The molecule has 5 heteroatoms. The molecule has 5 nitrogen and oxygen atoms in total. The number of benzene rings is 3. The van der Waals surface area contributed by atoms with Crippen molar-refractivity contribution in [2.24, 2.45) is 0 Å². The van der Waals surface area contributed by atoms with Crippen LogP contribution in [-0.2, 0) is 4.79 Å². The van der Waals surface area contributed by atoms with Crippen LogP contribution in [0.1, 0.15) is 42.2 Å². The van der Waals surface area contributed by atoms with Crippen molar-refractivity contribution in [3.63, 3.8) is 0 Å². The Morgan fingerprint density at radius 2 is 1.71 bits per heavy atom. The van der Waals surface area contributed by atoms with E-state index in [9.17, 15) is 9.59 Å². The van der Waals surface area contributed by atoms with Gasteiger partial charge in [-0.1, -0.05) is 55.8 Å². The highest BCUT2D eigenvalue weighted by molar-refractivity contribution is 5.92. The van der Waals surface area contributed by atoms with E-state index in [0.717, 1.165) is 22.4 Å². The molecule has 1 N–H and O–H groups in total. The first-order valence-electron chi connectivity index (χ1n) is 11.4. The molecule has 0 spiro atoms. The Labute approximate surface area is 199 Å². The number of carbonyl (C=O) groups excluding carboxylic acids is 1. The SMILES string of the molecule is Cc1ccc(NC(=O)COc2ccc3c(=O)c(-c4ccc(C(C)C)cc4)c(C)oc3c2)c(C)c1. The van der Waals surface area contributed by atoms with Gasteiger partial charge in [0.2, 0.25) is 5.43 Å². The Morgan fingerprint density at radius 3 is 2.38 bits per heavy atom. The van der Waals surface area contributed by atoms with E-state index in [1.54, 1.807) is 25.1 Å². The van der Waals surface area contributed by atoms with Gasteiger partial charge in [0.25, 0.3) is 5.91 Å². The lowest BCUT2D eigenvalue weighted by atomic mass is 9.97. The molecular formula is C29H29NO4. The van der Waals surface area contributed by atoms with Gasteiger partial charge in [-0.25, -0.2) is 0 Å². The number of anilines is 1. The van der Waals surface area contributed by atoms with Crippen molar-refractivity contribution in [2.45, 2.75) is 40.5 Å². The Bertz CT molecular complexity index is 1420. The molecule has 1 aromatic heterocycles. The summed E-state index contributed by atoms with van der Waals surface area (Å²) in [6, 6.07) is 18.9. The largest absolute Gasteiger partial charge is 0.484 e. The number of carbonyl (C=O) groups is 1. The molecule has 0 bridgehead atoms. The number of rotatable bonds is 6. The van der Waals surface area contributed by atoms with Crippen LogP contribution in [0.4, 0.5) is 5.69 Å². The summed E-state index contributed by atoms with van der Waals surface area (Å²) in [7, 11) is 0. The van der Waals surface area contributed by atoms with E-state index >= 15 is 0 Å². The van der Waals surface area contributed by atoms with E-state index < -0.39 is 0 Å². The van der Waals surface area contributed by atoms with Crippen LogP contribution in [0.5, 0.6) is 5.75 Å². The fourth-order valence-electron chi connectivity index (χ4n) is 4.03. The molecule has 1 heterocycles. The van der Waals surface area contributed by atoms with Crippen LogP contribution >= 0.6 is 0 Å². The summed E-state index contributed by atoms with van der Waals surface area (Å²) in [6.07, 6.45) is 0. The second-order valence-corrected chi connectivity index (χ2v) is 8.95. The third-order valence-electron chi connectivity index (χ3n) is 5.93. The minimum absolute atomic E-state index is 0.0878. The molecule has 0 saturated carbocycles.